The van der Waals surface area contributed by atoms with Crippen LogP contribution in [-0.4, -0.2) is 62.8 Å². The monoisotopic (exact) mass is 476 g/mol. The van der Waals surface area contributed by atoms with Crippen LogP contribution in [0.3, 0.4) is 0 Å². The van der Waals surface area contributed by atoms with Crippen molar-refractivity contribution in [2.45, 2.75) is 52.6 Å². The maximum atomic E-state index is 13.0. The van der Waals surface area contributed by atoms with E-state index in [2.05, 4.69) is 10.2 Å². The van der Waals surface area contributed by atoms with Crippen LogP contribution in [-0.2, 0) is 32.1 Å². The summed E-state index contributed by atoms with van der Waals surface area (Å²) in [5.41, 5.74) is 3.33. The van der Waals surface area contributed by atoms with Gasteiger partial charge in [0.05, 0.1) is 18.4 Å². The van der Waals surface area contributed by atoms with Crippen LogP contribution in [0, 0.1) is 6.92 Å². The van der Waals surface area contributed by atoms with Gasteiger partial charge in [0.1, 0.15) is 19.0 Å². The van der Waals surface area contributed by atoms with E-state index in [0.717, 1.165) is 30.8 Å². The summed E-state index contributed by atoms with van der Waals surface area (Å²) in [5.74, 6) is -1.15. The van der Waals surface area contributed by atoms with E-state index in [1.54, 1.807) is 0 Å². The third kappa shape index (κ3) is 6.14. The number of hydrogen-bond acceptors (Lipinski definition) is 7. The number of carbonyl (C=O) groups is 3. The lowest BCUT2D eigenvalue weighted by Crippen LogP contribution is -2.25. The number of fused-ring (bicyclic) bond motifs is 1. The third-order valence-corrected chi connectivity index (χ3v) is 6.31. The Hall–Kier alpha value is -2.94. The number of carbonyl (C=O) groups excluding carboxylic acids is 3. The fourth-order valence-corrected chi connectivity index (χ4v) is 4.41. The van der Waals surface area contributed by atoms with Gasteiger partial charge in [-0.3, -0.25) is 14.5 Å². The Morgan fingerprint density at radius 1 is 1.24 bits per heavy atom. The fraction of sp³-hybridized carbons (Fsp3) is 0.560. The standard InChI is InChI=1S/C25H33FN2O6/c1-16(7-9-21(30)33-13-12-28-10-4-5-11-28)6-8-18-23(27-20(29)14-26)22-19(15-34-25(22)31)17(2)24(18)32-3/h6H,4-5,7-15H2,1-3H3,(H,27,29). The van der Waals surface area contributed by atoms with Crippen LogP contribution in [0.2, 0.25) is 0 Å². The molecule has 0 unspecified atom stereocenters. The summed E-state index contributed by atoms with van der Waals surface area (Å²) in [6.45, 7) is 5.89. The lowest BCUT2D eigenvalue weighted by molar-refractivity contribution is -0.144. The number of cyclic esters (lactones) is 1. The first-order valence-corrected chi connectivity index (χ1v) is 11.6. The van der Waals surface area contributed by atoms with Gasteiger partial charge in [0, 0.05) is 24.1 Å². The van der Waals surface area contributed by atoms with E-state index in [1.807, 2.05) is 19.9 Å². The Balaban J connectivity index is 1.69. The third-order valence-electron chi connectivity index (χ3n) is 6.31. The van der Waals surface area contributed by atoms with E-state index in [9.17, 15) is 18.8 Å². The zero-order chi connectivity index (χ0) is 24.7. The van der Waals surface area contributed by atoms with Crippen molar-refractivity contribution >= 4 is 23.5 Å². The minimum Gasteiger partial charge on any atom is -0.496 e. The highest BCUT2D eigenvalue weighted by Gasteiger charge is 2.32. The minimum atomic E-state index is -1.21. The van der Waals surface area contributed by atoms with Crippen molar-refractivity contribution in [2.75, 3.05) is 45.3 Å². The number of esters is 2. The summed E-state index contributed by atoms with van der Waals surface area (Å²) in [6.07, 6.45) is 5.41. The fourth-order valence-electron chi connectivity index (χ4n) is 4.41. The molecule has 186 valence electrons. The number of rotatable bonds is 11. The first-order chi connectivity index (χ1) is 16.3. The van der Waals surface area contributed by atoms with Crippen molar-refractivity contribution in [3.63, 3.8) is 0 Å². The highest BCUT2D eigenvalue weighted by Crippen LogP contribution is 2.41. The first-order valence-electron chi connectivity index (χ1n) is 11.6. The van der Waals surface area contributed by atoms with E-state index in [0.29, 0.717) is 36.3 Å². The van der Waals surface area contributed by atoms with Crippen molar-refractivity contribution < 1.29 is 33.0 Å². The Morgan fingerprint density at radius 2 is 1.97 bits per heavy atom. The molecular formula is C25H33FN2O6. The van der Waals surface area contributed by atoms with Crippen molar-refractivity contribution in [1.82, 2.24) is 4.90 Å². The smallest absolute Gasteiger partial charge is 0.341 e. The lowest BCUT2D eigenvalue weighted by atomic mass is 9.93. The van der Waals surface area contributed by atoms with Gasteiger partial charge in [0.2, 0.25) is 0 Å². The van der Waals surface area contributed by atoms with E-state index in [-0.39, 0.29) is 30.2 Å². The SMILES string of the molecule is COc1c(C)c2c(c(NC(=O)CF)c1CC=C(C)CCC(=O)OCCN1CCCC1)C(=O)OC2. The number of amides is 1. The van der Waals surface area contributed by atoms with Crippen LogP contribution in [0.25, 0.3) is 0 Å². The second kappa shape index (κ2) is 12.0. The largest absolute Gasteiger partial charge is 0.496 e. The summed E-state index contributed by atoms with van der Waals surface area (Å²) in [4.78, 5) is 38.6. The molecular weight excluding hydrogens is 443 g/mol. The van der Waals surface area contributed by atoms with Gasteiger partial charge in [0.25, 0.3) is 5.91 Å². The number of benzene rings is 1. The topological polar surface area (TPSA) is 94.2 Å². The molecule has 2 aliphatic heterocycles. The number of likely N-dealkylation sites (tertiary alicyclic amines) is 1. The molecule has 34 heavy (non-hydrogen) atoms. The Kier molecular flexibility index (Phi) is 9.04. The van der Waals surface area contributed by atoms with E-state index in [4.69, 9.17) is 14.2 Å². The normalized spacial score (nSPS) is 15.8. The van der Waals surface area contributed by atoms with Crippen LogP contribution in [0.5, 0.6) is 5.75 Å². The molecule has 1 N–H and O–H groups in total. The summed E-state index contributed by atoms with van der Waals surface area (Å²) in [5, 5.41) is 2.51. The van der Waals surface area contributed by atoms with Gasteiger partial charge in [-0.15, -0.1) is 0 Å². The van der Waals surface area contributed by atoms with Gasteiger partial charge in [-0.1, -0.05) is 11.6 Å². The summed E-state index contributed by atoms with van der Waals surface area (Å²) < 4.78 is 29.1. The zero-order valence-electron chi connectivity index (χ0n) is 20.1. The van der Waals surface area contributed by atoms with Crippen LogP contribution in [0.15, 0.2) is 11.6 Å². The molecule has 1 amide bonds. The van der Waals surface area contributed by atoms with Crippen LogP contribution in [0.1, 0.15) is 59.7 Å². The molecule has 2 aliphatic rings. The molecule has 9 heteroatoms. The summed E-state index contributed by atoms with van der Waals surface area (Å²) in [7, 11) is 1.51. The predicted octanol–water partition coefficient (Wildman–Crippen LogP) is 3.49. The average molecular weight is 477 g/mol. The summed E-state index contributed by atoms with van der Waals surface area (Å²) in [6, 6.07) is 0. The number of anilines is 1. The van der Waals surface area contributed by atoms with E-state index < -0.39 is 18.6 Å². The molecule has 3 rings (SSSR count). The van der Waals surface area contributed by atoms with Gasteiger partial charge in [-0.25, -0.2) is 9.18 Å². The molecule has 0 spiro atoms. The van der Waals surface area contributed by atoms with Gasteiger partial charge >= 0.3 is 11.9 Å². The maximum absolute atomic E-state index is 13.0. The zero-order valence-corrected chi connectivity index (χ0v) is 20.1. The number of ether oxygens (including phenoxy) is 3. The van der Waals surface area contributed by atoms with Crippen molar-refractivity contribution in [2.24, 2.45) is 0 Å². The number of alkyl halides is 1. The van der Waals surface area contributed by atoms with E-state index in [1.165, 1.54) is 20.0 Å². The maximum Gasteiger partial charge on any atom is 0.341 e. The highest BCUT2D eigenvalue weighted by atomic mass is 19.1. The van der Waals surface area contributed by atoms with Gasteiger partial charge in [-0.2, -0.15) is 0 Å². The predicted molar refractivity (Wildman–Crippen MR) is 125 cm³/mol. The molecule has 1 aromatic carbocycles. The first kappa shape index (κ1) is 25.7. The number of nitrogens with one attached hydrogen (secondary N) is 1. The van der Waals surface area contributed by atoms with E-state index >= 15 is 0 Å². The summed E-state index contributed by atoms with van der Waals surface area (Å²) >= 11 is 0. The van der Waals surface area contributed by atoms with Crippen molar-refractivity contribution in [3.8, 4) is 5.75 Å². The average Bonchev–Trinajstić information content (AvgIpc) is 3.48. The lowest BCUT2D eigenvalue weighted by Gasteiger charge is -2.19. The van der Waals surface area contributed by atoms with Crippen molar-refractivity contribution in [3.05, 3.63) is 33.9 Å². The molecule has 0 aliphatic carbocycles. The second-order valence-corrected chi connectivity index (χ2v) is 8.65. The highest BCUT2D eigenvalue weighted by molar-refractivity contribution is 6.06. The molecule has 0 radical (unpaired) electrons. The van der Waals surface area contributed by atoms with Crippen molar-refractivity contribution in [1.29, 1.82) is 0 Å². The molecule has 0 aromatic heterocycles. The van der Waals surface area contributed by atoms with Crippen LogP contribution < -0.4 is 10.1 Å². The van der Waals surface area contributed by atoms with Crippen LogP contribution in [0.4, 0.5) is 10.1 Å². The van der Waals surface area contributed by atoms with Gasteiger partial charge in [0.15, 0.2) is 6.67 Å². The molecule has 1 saturated heterocycles. The van der Waals surface area contributed by atoms with Crippen LogP contribution >= 0.6 is 0 Å². The number of methoxy groups -OCH3 is 1. The quantitative estimate of drug-likeness (QED) is 0.386. The molecule has 0 atom stereocenters. The second-order valence-electron chi connectivity index (χ2n) is 8.65. The molecule has 8 nitrogen and oxygen atoms in total. The molecule has 1 fully saturated rings. The Labute approximate surface area is 199 Å². The number of nitrogens with zero attached hydrogens (tertiary/aromatic N) is 1. The van der Waals surface area contributed by atoms with Gasteiger partial charge in [-0.05, 0) is 58.2 Å². The molecule has 2 heterocycles. The minimum absolute atomic E-state index is 0.0733. The number of halogens is 1. The van der Waals surface area contributed by atoms with Gasteiger partial charge < -0.3 is 19.5 Å². The Morgan fingerprint density at radius 3 is 2.65 bits per heavy atom. The number of hydrogen-bond donors (Lipinski definition) is 1. The number of allylic oxidation sites excluding steroid dienone is 2. The molecule has 0 bridgehead atoms. The Bertz CT molecular complexity index is 969. The molecule has 1 aromatic rings. The molecule has 0 saturated carbocycles.